The van der Waals surface area contributed by atoms with Crippen LogP contribution in [0, 0.1) is 11.6 Å². The van der Waals surface area contributed by atoms with E-state index in [2.05, 4.69) is 21.2 Å². The van der Waals surface area contributed by atoms with E-state index in [1.54, 1.807) is 12.3 Å². The molecule has 1 atom stereocenters. The van der Waals surface area contributed by atoms with Crippen molar-refractivity contribution < 1.29 is 13.2 Å². The molecule has 1 heterocycles. The predicted octanol–water partition coefficient (Wildman–Crippen LogP) is 4.21. The van der Waals surface area contributed by atoms with E-state index in [0.717, 1.165) is 5.56 Å². The van der Waals surface area contributed by atoms with Crippen molar-refractivity contribution in [1.29, 1.82) is 0 Å². The van der Waals surface area contributed by atoms with Crippen molar-refractivity contribution in [3.8, 4) is 0 Å². The Morgan fingerprint density at radius 3 is 2.47 bits per heavy atom. The van der Waals surface area contributed by atoms with Gasteiger partial charge in [-0.1, -0.05) is 13.0 Å². The van der Waals surface area contributed by atoms with Crippen LogP contribution in [0.5, 0.6) is 0 Å². The second-order valence-electron chi connectivity index (χ2n) is 4.16. The van der Waals surface area contributed by atoms with Crippen LogP contribution in [-0.2, 0) is 6.42 Å². The SMILES string of the molecule is CCNC(Cc1c(F)cccc1F)c1ccoc1Br. The molecular formula is C14H14BrF2NO. The van der Waals surface area contributed by atoms with E-state index in [0.29, 0.717) is 11.2 Å². The molecule has 0 saturated heterocycles. The Morgan fingerprint density at radius 1 is 1.26 bits per heavy atom. The molecule has 1 aromatic heterocycles. The second-order valence-corrected chi connectivity index (χ2v) is 4.88. The van der Waals surface area contributed by atoms with Crippen molar-refractivity contribution in [1.82, 2.24) is 5.32 Å². The summed E-state index contributed by atoms with van der Waals surface area (Å²) in [6.45, 7) is 2.64. The number of hydrogen-bond donors (Lipinski definition) is 1. The van der Waals surface area contributed by atoms with E-state index in [9.17, 15) is 8.78 Å². The highest BCUT2D eigenvalue weighted by Gasteiger charge is 2.20. The highest BCUT2D eigenvalue weighted by Crippen LogP contribution is 2.28. The summed E-state index contributed by atoms with van der Waals surface area (Å²) in [4.78, 5) is 0. The maximum Gasteiger partial charge on any atom is 0.173 e. The Bertz CT molecular complexity index is 536. The van der Waals surface area contributed by atoms with Crippen molar-refractivity contribution in [2.45, 2.75) is 19.4 Å². The van der Waals surface area contributed by atoms with Gasteiger partial charge in [0, 0.05) is 17.2 Å². The van der Waals surface area contributed by atoms with Crippen LogP contribution in [0.4, 0.5) is 8.78 Å². The Morgan fingerprint density at radius 2 is 1.95 bits per heavy atom. The fraction of sp³-hybridized carbons (Fsp3) is 0.286. The molecule has 0 saturated carbocycles. The van der Waals surface area contributed by atoms with Gasteiger partial charge in [0.1, 0.15) is 11.6 Å². The number of furan rings is 1. The summed E-state index contributed by atoms with van der Waals surface area (Å²) in [7, 11) is 0. The normalized spacial score (nSPS) is 12.6. The van der Waals surface area contributed by atoms with Crippen LogP contribution >= 0.6 is 15.9 Å². The van der Waals surface area contributed by atoms with Gasteiger partial charge < -0.3 is 9.73 Å². The first-order chi connectivity index (χ1) is 9.13. The molecule has 0 aliphatic rings. The smallest absolute Gasteiger partial charge is 0.173 e. The minimum absolute atomic E-state index is 0.0848. The molecular weight excluding hydrogens is 316 g/mol. The monoisotopic (exact) mass is 329 g/mol. The van der Waals surface area contributed by atoms with E-state index >= 15 is 0 Å². The first-order valence-electron chi connectivity index (χ1n) is 6.02. The molecule has 0 fully saturated rings. The lowest BCUT2D eigenvalue weighted by molar-refractivity contribution is 0.484. The summed E-state index contributed by atoms with van der Waals surface area (Å²) in [5.41, 5.74) is 0.936. The number of benzene rings is 1. The quantitative estimate of drug-likeness (QED) is 0.888. The highest BCUT2D eigenvalue weighted by molar-refractivity contribution is 9.10. The lowest BCUT2D eigenvalue weighted by Crippen LogP contribution is -2.23. The molecule has 0 spiro atoms. The minimum Gasteiger partial charge on any atom is -0.457 e. The molecule has 102 valence electrons. The summed E-state index contributed by atoms with van der Waals surface area (Å²) in [6.07, 6.45) is 1.77. The average molecular weight is 330 g/mol. The summed E-state index contributed by atoms with van der Waals surface area (Å²) in [5, 5.41) is 3.21. The van der Waals surface area contributed by atoms with Gasteiger partial charge in [0.2, 0.25) is 0 Å². The number of nitrogens with one attached hydrogen (secondary N) is 1. The van der Waals surface area contributed by atoms with Gasteiger partial charge in [-0.15, -0.1) is 0 Å². The third kappa shape index (κ3) is 3.22. The van der Waals surface area contributed by atoms with Gasteiger partial charge in [-0.2, -0.15) is 0 Å². The maximum absolute atomic E-state index is 13.7. The van der Waals surface area contributed by atoms with E-state index in [-0.39, 0.29) is 18.0 Å². The Hall–Kier alpha value is -1.20. The van der Waals surface area contributed by atoms with E-state index in [4.69, 9.17) is 4.42 Å². The van der Waals surface area contributed by atoms with Crippen LogP contribution in [0.3, 0.4) is 0 Å². The van der Waals surface area contributed by atoms with Gasteiger partial charge in [-0.3, -0.25) is 0 Å². The van der Waals surface area contributed by atoms with Crippen molar-refractivity contribution >= 4 is 15.9 Å². The summed E-state index contributed by atoms with van der Waals surface area (Å²) >= 11 is 3.29. The van der Waals surface area contributed by atoms with Gasteiger partial charge in [-0.25, -0.2) is 8.78 Å². The van der Waals surface area contributed by atoms with Crippen molar-refractivity contribution in [2.75, 3.05) is 6.54 Å². The molecule has 0 amide bonds. The third-order valence-electron chi connectivity index (χ3n) is 2.94. The molecule has 1 N–H and O–H groups in total. The summed E-state index contributed by atoms with van der Waals surface area (Å²) < 4.78 is 33.1. The Labute approximate surface area is 118 Å². The number of hydrogen-bond acceptors (Lipinski definition) is 2. The molecule has 5 heteroatoms. The lowest BCUT2D eigenvalue weighted by atomic mass is 10.00. The third-order valence-corrected chi connectivity index (χ3v) is 3.59. The molecule has 2 nitrogen and oxygen atoms in total. The standard InChI is InChI=1S/C14H14BrF2NO/c1-2-18-13(9-6-7-19-14(9)15)8-10-11(16)4-3-5-12(10)17/h3-7,13,18H,2,8H2,1H3. The van der Waals surface area contributed by atoms with Crippen LogP contribution in [0.1, 0.15) is 24.1 Å². The van der Waals surface area contributed by atoms with Crippen molar-refractivity contribution in [2.24, 2.45) is 0 Å². The number of rotatable bonds is 5. The molecule has 1 aromatic carbocycles. The zero-order valence-corrected chi connectivity index (χ0v) is 12.0. The van der Waals surface area contributed by atoms with E-state index in [1.165, 1.54) is 18.2 Å². The zero-order valence-electron chi connectivity index (χ0n) is 10.4. The first kappa shape index (κ1) is 14.2. The molecule has 2 rings (SSSR count). The Kier molecular flexibility index (Phi) is 4.71. The summed E-state index contributed by atoms with van der Waals surface area (Å²) in [5.74, 6) is -1.05. The van der Waals surface area contributed by atoms with Crippen LogP contribution in [-0.4, -0.2) is 6.54 Å². The van der Waals surface area contributed by atoms with Crippen LogP contribution < -0.4 is 5.32 Å². The van der Waals surface area contributed by atoms with Crippen molar-refractivity contribution in [3.05, 3.63) is 58.0 Å². The molecule has 1 unspecified atom stereocenters. The van der Waals surface area contributed by atoms with Crippen LogP contribution in [0.25, 0.3) is 0 Å². The number of halogens is 3. The maximum atomic E-state index is 13.7. The Balaban J connectivity index is 2.29. The van der Waals surface area contributed by atoms with E-state index < -0.39 is 11.6 Å². The predicted molar refractivity (Wildman–Crippen MR) is 72.9 cm³/mol. The lowest BCUT2D eigenvalue weighted by Gasteiger charge is -2.17. The van der Waals surface area contributed by atoms with Gasteiger partial charge in [0.15, 0.2) is 4.67 Å². The van der Waals surface area contributed by atoms with Gasteiger partial charge in [0.25, 0.3) is 0 Å². The fourth-order valence-electron chi connectivity index (χ4n) is 2.02. The average Bonchev–Trinajstić information content (AvgIpc) is 2.79. The molecule has 19 heavy (non-hydrogen) atoms. The summed E-state index contributed by atoms with van der Waals surface area (Å²) in [6, 6.07) is 5.49. The second kappa shape index (κ2) is 6.30. The topological polar surface area (TPSA) is 25.2 Å². The zero-order chi connectivity index (χ0) is 13.8. The molecule has 0 radical (unpaired) electrons. The van der Waals surface area contributed by atoms with Gasteiger partial charge in [0.05, 0.1) is 6.26 Å². The van der Waals surface area contributed by atoms with Crippen LogP contribution in [0.2, 0.25) is 0 Å². The van der Waals surface area contributed by atoms with Crippen LogP contribution in [0.15, 0.2) is 39.6 Å². The molecule has 0 aliphatic heterocycles. The molecule has 2 aromatic rings. The van der Waals surface area contributed by atoms with Crippen molar-refractivity contribution in [3.63, 3.8) is 0 Å². The molecule has 0 bridgehead atoms. The highest BCUT2D eigenvalue weighted by atomic mass is 79.9. The largest absolute Gasteiger partial charge is 0.457 e. The molecule has 0 aliphatic carbocycles. The fourth-order valence-corrected chi connectivity index (χ4v) is 2.54. The van der Waals surface area contributed by atoms with Gasteiger partial charge >= 0.3 is 0 Å². The van der Waals surface area contributed by atoms with Gasteiger partial charge in [-0.05, 0) is 47.1 Å². The number of likely N-dealkylation sites (N-methyl/N-ethyl adjacent to an activating group) is 1. The first-order valence-corrected chi connectivity index (χ1v) is 6.82. The minimum atomic E-state index is -0.525. The van der Waals surface area contributed by atoms with E-state index in [1.807, 2.05) is 6.92 Å².